The molecule has 22 nitrogen and oxygen atoms in total. The Morgan fingerprint density at radius 1 is 0.806 bits per heavy atom. The number of hydrogen-bond acceptors (Lipinski definition) is 22. The molecule has 10 aliphatic rings. The summed E-state index contributed by atoms with van der Waals surface area (Å²) in [5.41, 5.74) is -1.01. The molecule has 3 saturated carbocycles. The van der Waals surface area contributed by atoms with Gasteiger partial charge in [0.15, 0.2) is 37.1 Å². The fraction of sp³-hybridized carbons (Fsp3) is 0.900. The first-order valence-corrected chi connectivity index (χ1v) is 25.8. The molecule has 408 valence electrons. The van der Waals surface area contributed by atoms with Gasteiger partial charge >= 0.3 is 5.97 Å². The highest BCUT2D eigenvalue weighted by Crippen LogP contribution is 2.71. The number of carbonyl (C=O) groups excluding carboxylic acids is 1. The van der Waals surface area contributed by atoms with Gasteiger partial charge in [0.25, 0.3) is 0 Å². The third-order valence-electron chi connectivity index (χ3n) is 18.9. The molecule has 9 fully saturated rings. The Morgan fingerprint density at radius 2 is 1.51 bits per heavy atom. The van der Waals surface area contributed by atoms with E-state index in [0.29, 0.717) is 19.4 Å². The lowest BCUT2D eigenvalue weighted by molar-refractivity contribution is -0.387. The summed E-state index contributed by atoms with van der Waals surface area (Å²) in [5.74, 6) is -1.26. The van der Waals surface area contributed by atoms with E-state index in [1.807, 2.05) is 0 Å². The quantitative estimate of drug-likeness (QED) is 0.0869. The second kappa shape index (κ2) is 19.9. The van der Waals surface area contributed by atoms with Crippen LogP contribution in [0.4, 0.5) is 0 Å². The number of fused-ring (bicyclic) bond motifs is 7. The summed E-state index contributed by atoms with van der Waals surface area (Å²) in [4.78, 5) is 12.4. The van der Waals surface area contributed by atoms with Crippen LogP contribution < -0.4 is 0 Å². The Morgan fingerprint density at radius 3 is 2.22 bits per heavy atom. The fourth-order valence-electron chi connectivity index (χ4n) is 15.1. The SMILES string of the molecule is C=C1CO[C@@]2(O[C@H]3C[C@H]4[C@@H]5CC=C6C[C@@H](O)C[C@@H](O[C@@H]7OC[C@H](O)[C@H](O[C@@H]8OC[C@@H](O)[C@H](O)[C@H]8O)[C@H]7O[C@@H]7O[C@@H](C)[C@H](OC(C)=O)[C@@H](O[C@@H]8OC[C@](O)(CO)[C@H]8O)[C@H]7O)[C@]6(C)[C@H]5CC[C@]4(C)[C@H]3[C@@H]2C)[C@@H](O)C1. The van der Waals surface area contributed by atoms with Crippen LogP contribution >= 0.6 is 0 Å². The van der Waals surface area contributed by atoms with Gasteiger partial charge in [-0.2, -0.15) is 0 Å². The number of aliphatic hydroxyl groups is 10. The highest BCUT2D eigenvalue weighted by molar-refractivity contribution is 5.66. The van der Waals surface area contributed by atoms with Gasteiger partial charge in [0.05, 0.1) is 57.5 Å². The van der Waals surface area contributed by atoms with Gasteiger partial charge in [0.2, 0.25) is 0 Å². The van der Waals surface area contributed by atoms with Gasteiger partial charge < -0.3 is 103 Å². The lowest BCUT2D eigenvalue weighted by Gasteiger charge is -2.60. The minimum absolute atomic E-state index is 0.0689. The van der Waals surface area contributed by atoms with Crippen LogP contribution in [0.3, 0.4) is 0 Å². The summed E-state index contributed by atoms with van der Waals surface area (Å²) in [7, 11) is 0. The van der Waals surface area contributed by atoms with E-state index >= 15 is 0 Å². The van der Waals surface area contributed by atoms with Crippen molar-refractivity contribution in [1.29, 1.82) is 0 Å². The molecule has 6 heterocycles. The molecule has 22 heteroatoms. The molecule has 4 aliphatic carbocycles. The van der Waals surface area contributed by atoms with E-state index in [9.17, 15) is 55.9 Å². The number of rotatable bonds is 10. The van der Waals surface area contributed by atoms with Crippen LogP contribution in [0.1, 0.15) is 79.6 Å². The van der Waals surface area contributed by atoms with Gasteiger partial charge in [0.1, 0.15) is 66.6 Å². The molecular formula is C50H76O22. The molecule has 72 heavy (non-hydrogen) atoms. The van der Waals surface area contributed by atoms with E-state index in [1.165, 1.54) is 6.92 Å². The topological polar surface area (TPSA) is 321 Å². The Kier molecular flexibility index (Phi) is 14.8. The molecule has 28 atom stereocenters. The molecule has 10 rings (SSSR count). The van der Waals surface area contributed by atoms with Crippen LogP contribution in [-0.4, -0.2) is 218 Å². The van der Waals surface area contributed by atoms with Gasteiger partial charge in [-0.15, -0.1) is 0 Å². The Hall–Kier alpha value is -1.85. The van der Waals surface area contributed by atoms with Crippen molar-refractivity contribution in [2.24, 2.45) is 40.4 Å². The van der Waals surface area contributed by atoms with E-state index in [1.54, 1.807) is 0 Å². The molecular weight excluding hydrogens is 953 g/mol. The predicted octanol–water partition coefficient (Wildman–Crippen LogP) is -1.61. The number of carbonyl (C=O) groups is 1. The summed E-state index contributed by atoms with van der Waals surface area (Å²) in [5, 5.41) is 110. The number of allylic oxidation sites excluding steroid dienone is 1. The van der Waals surface area contributed by atoms with Crippen molar-refractivity contribution in [3.8, 4) is 0 Å². The number of aliphatic hydroxyl groups excluding tert-OH is 9. The Labute approximate surface area is 418 Å². The van der Waals surface area contributed by atoms with Crippen molar-refractivity contribution in [2.75, 3.05) is 33.0 Å². The summed E-state index contributed by atoms with van der Waals surface area (Å²) in [6, 6.07) is 0. The number of esters is 1. The lowest BCUT2D eigenvalue weighted by atomic mass is 9.46. The Balaban J connectivity index is 0.942. The van der Waals surface area contributed by atoms with Crippen LogP contribution in [0, 0.1) is 40.4 Å². The smallest absolute Gasteiger partial charge is 0.303 e. The number of hydrogen-bond donors (Lipinski definition) is 10. The maximum Gasteiger partial charge on any atom is 0.303 e. The van der Waals surface area contributed by atoms with Crippen molar-refractivity contribution in [3.05, 3.63) is 23.8 Å². The third kappa shape index (κ3) is 8.77. The molecule has 0 unspecified atom stereocenters. The van der Waals surface area contributed by atoms with E-state index in [4.69, 9.17) is 52.1 Å². The first kappa shape index (κ1) is 53.5. The monoisotopic (exact) mass is 1030 g/mol. The van der Waals surface area contributed by atoms with Gasteiger partial charge in [-0.1, -0.05) is 39.0 Å². The molecule has 6 saturated heterocycles. The average Bonchev–Trinajstić information content (AvgIpc) is 3.91. The average molecular weight is 1030 g/mol. The maximum absolute atomic E-state index is 12.4. The van der Waals surface area contributed by atoms with Crippen LogP contribution in [0.25, 0.3) is 0 Å². The minimum Gasteiger partial charge on any atom is -0.457 e. The number of ether oxygens (including phenoxy) is 11. The van der Waals surface area contributed by atoms with Crippen LogP contribution in [-0.2, 0) is 56.9 Å². The second-order valence-electron chi connectivity index (χ2n) is 23.1. The summed E-state index contributed by atoms with van der Waals surface area (Å²) in [6.07, 6.45) is -19.5. The summed E-state index contributed by atoms with van der Waals surface area (Å²) in [6.45, 7) is 11.5. The first-order valence-electron chi connectivity index (χ1n) is 25.8. The first-order chi connectivity index (χ1) is 34.0. The van der Waals surface area contributed by atoms with E-state index < -0.39 is 160 Å². The zero-order valence-corrected chi connectivity index (χ0v) is 41.5. The van der Waals surface area contributed by atoms with Crippen molar-refractivity contribution >= 4 is 5.97 Å². The predicted molar refractivity (Wildman–Crippen MR) is 241 cm³/mol. The molecule has 1 spiro atoms. The third-order valence-corrected chi connectivity index (χ3v) is 18.9. The second-order valence-corrected chi connectivity index (χ2v) is 23.1. The molecule has 6 aliphatic heterocycles. The van der Waals surface area contributed by atoms with Gasteiger partial charge in [-0.25, -0.2) is 0 Å². The zero-order valence-electron chi connectivity index (χ0n) is 41.5. The molecule has 0 radical (unpaired) electrons. The Bertz CT molecular complexity index is 2030. The van der Waals surface area contributed by atoms with Crippen molar-refractivity contribution in [3.63, 3.8) is 0 Å². The van der Waals surface area contributed by atoms with Crippen molar-refractivity contribution in [2.45, 2.75) is 208 Å². The maximum atomic E-state index is 12.4. The van der Waals surface area contributed by atoms with E-state index in [-0.39, 0.29) is 47.5 Å². The molecule has 0 aromatic heterocycles. The van der Waals surface area contributed by atoms with Crippen LogP contribution in [0.5, 0.6) is 0 Å². The minimum atomic E-state index is -2.11. The van der Waals surface area contributed by atoms with Gasteiger partial charge in [-0.05, 0) is 73.7 Å². The van der Waals surface area contributed by atoms with Gasteiger partial charge in [0, 0.05) is 31.1 Å². The van der Waals surface area contributed by atoms with Crippen LogP contribution in [0.15, 0.2) is 23.8 Å². The zero-order chi connectivity index (χ0) is 51.6. The normalized spacial score (nSPS) is 55.4. The molecule has 0 aromatic carbocycles. The summed E-state index contributed by atoms with van der Waals surface area (Å²) < 4.78 is 68.3. The standard InChI is InChI=1S/C50H76O22/c1-20-11-32(56)50(65-15-20)21(2)34-31(72-50)14-28-26-8-7-24-12-25(53)13-33(48(24,6)27(26)9-10-47(28,34)5)68-45-41(39(30(55)17-63-45)69-43-36(58)35(57)29(54)16-62-43)71-44-37(59)40(38(22(3)66-44)67-23(4)52)70-46-42(60)49(61,18-51)19-64-46/h7,21-22,25-46,51,53-61H,1,8-19H2,2-6H3/t21-,22-,25+,26+,27-,28-,29+,30-,31-,32-,33+,34-,35-,36+,37+,38-,39-,40-,41+,42-,43-,44-,45-,46-,47-,48-,49+,50-/m0/s1. The fourth-order valence-corrected chi connectivity index (χ4v) is 15.1. The highest BCUT2D eigenvalue weighted by atomic mass is 16.8. The molecule has 0 aromatic rings. The largest absolute Gasteiger partial charge is 0.457 e. The van der Waals surface area contributed by atoms with Gasteiger partial charge in [-0.3, -0.25) is 4.79 Å². The lowest BCUT2D eigenvalue weighted by Crippen LogP contribution is -2.66. The van der Waals surface area contributed by atoms with Crippen molar-refractivity contribution in [1.82, 2.24) is 0 Å². The van der Waals surface area contributed by atoms with E-state index in [0.717, 1.165) is 43.8 Å². The highest BCUT2D eigenvalue weighted by Gasteiger charge is 2.71. The molecule has 0 amide bonds. The van der Waals surface area contributed by atoms with Crippen LogP contribution in [0.2, 0.25) is 0 Å². The van der Waals surface area contributed by atoms with E-state index in [2.05, 4.69) is 33.4 Å². The molecule has 0 bridgehead atoms. The molecule has 10 N–H and O–H groups in total. The van der Waals surface area contributed by atoms with Crippen molar-refractivity contribution < 1.29 is 108 Å². The summed E-state index contributed by atoms with van der Waals surface area (Å²) >= 11 is 0.